The maximum absolute atomic E-state index is 10.3. The first-order valence-corrected chi connectivity index (χ1v) is 8.96. The number of rotatable bonds is 3. The van der Waals surface area contributed by atoms with Crippen molar-refractivity contribution >= 4 is 5.71 Å². The summed E-state index contributed by atoms with van der Waals surface area (Å²) in [6.07, 6.45) is 8.88. The lowest BCUT2D eigenvalue weighted by Gasteiger charge is -2.35. The molecule has 1 saturated carbocycles. The molecule has 2 aromatic rings. The first-order chi connectivity index (χ1) is 11.8. The van der Waals surface area contributed by atoms with E-state index in [-0.39, 0.29) is 12.2 Å². The number of phenols is 1. The first-order valence-electron chi connectivity index (χ1n) is 8.96. The highest BCUT2D eigenvalue weighted by molar-refractivity contribution is 5.99. The normalized spacial score (nSPS) is 25.4. The zero-order valence-electron chi connectivity index (χ0n) is 13.8. The van der Waals surface area contributed by atoms with Gasteiger partial charge >= 0.3 is 0 Å². The zero-order valence-corrected chi connectivity index (χ0v) is 13.8. The fourth-order valence-corrected chi connectivity index (χ4v) is 4.00. The molecule has 126 valence electrons. The lowest BCUT2D eigenvalue weighted by Crippen LogP contribution is -2.43. The summed E-state index contributed by atoms with van der Waals surface area (Å²) in [5, 5.41) is 14.0. The minimum Gasteiger partial charge on any atom is -0.508 e. The second kappa shape index (κ2) is 6.81. The number of hydrogen-bond donors (Lipinski definition) is 2. The Bertz CT molecular complexity index is 702. The Kier molecular flexibility index (Phi) is 4.39. The number of nitrogens with zero attached hydrogens (tertiary/aromatic N) is 1. The Labute approximate surface area is 142 Å². The van der Waals surface area contributed by atoms with Crippen molar-refractivity contribution in [1.82, 2.24) is 5.32 Å². The molecule has 0 spiro atoms. The summed E-state index contributed by atoms with van der Waals surface area (Å²) < 4.78 is 5.60. The van der Waals surface area contributed by atoms with Crippen LogP contribution in [0, 0.1) is 5.92 Å². The highest BCUT2D eigenvalue weighted by atomic mass is 16.3. The third-order valence-corrected chi connectivity index (χ3v) is 5.28. The average molecular weight is 324 g/mol. The van der Waals surface area contributed by atoms with Crippen LogP contribution in [0.3, 0.4) is 0 Å². The molecule has 2 atom stereocenters. The van der Waals surface area contributed by atoms with Crippen LogP contribution in [0.1, 0.15) is 55.9 Å². The molecule has 4 heteroatoms. The molecule has 1 aromatic carbocycles. The quantitative estimate of drug-likeness (QED) is 0.879. The van der Waals surface area contributed by atoms with Crippen molar-refractivity contribution in [1.29, 1.82) is 0 Å². The van der Waals surface area contributed by atoms with Crippen LogP contribution >= 0.6 is 0 Å². The SMILES string of the molecule is Oc1ccccc1C1CC(c2ccco2)=NC(C2CCCCC2)N1. The minimum atomic E-state index is 0.0655. The van der Waals surface area contributed by atoms with Gasteiger partial charge in [0.05, 0.1) is 12.0 Å². The van der Waals surface area contributed by atoms with Gasteiger partial charge in [0, 0.05) is 18.0 Å². The molecule has 0 radical (unpaired) electrons. The molecule has 2 aliphatic rings. The summed E-state index contributed by atoms with van der Waals surface area (Å²) in [5.41, 5.74) is 1.94. The van der Waals surface area contributed by atoms with E-state index >= 15 is 0 Å². The number of aliphatic imine (C=N–C) groups is 1. The molecule has 0 saturated heterocycles. The van der Waals surface area contributed by atoms with Gasteiger partial charge in [0.1, 0.15) is 17.7 Å². The van der Waals surface area contributed by atoms with Gasteiger partial charge < -0.3 is 9.52 Å². The Morgan fingerprint density at radius 2 is 1.88 bits per heavy atom. The molecular weight excluding hydrogens is 300 g/mol. The predicted octanol–water partition coefficient (Wildman–Crippen LogP) is 4.42. The van der Waals surface area contributed by atoms with E-state index in [1.165, 1.54) is 32.1 Å². The second-order valence-electron chi connectivity index (χ2n) is 6.88. The molecule has 2 unspecified atom stereocenters. The van der Waals surface area contributed by atoms with Gasteiger partial charge in [-0.15, -0.1) is 0 Å². The highest BCUT2D eigenvalue weighted by Crippen LogP contribution is 2.35. The lowest BCUT2D eigenvalue weighted by atomic mass is 9.85. The summed E-state index contributed by atoms with van der Waals surface area (Å²) in [6.45, 7) is 0. The van der Waals surface area contributed by atoms with Crippen molar-refractivity contribution in [3.05, 3.63) is 54.0 Å². The van der Waals surface area contributed by atoms with E-state index in [2.05, 4.69) is 5.32 Å². The highest BCUT2D eigenvalue weighted by Gasteiger charge is 2.32. The molecule has 24 heavy (non-hydrogen) atoms. The Morgan fingerprint density at radius 1 is 1.04 bits per heavy atom. The van der Waals surface area contributed by atoms with Crippen molar-refractivity contribution in [3.63, 3.8) is 0 Å². The van der Waals surface area contributed by atoms with Crippen LogP contribution in [0.5, 0.6) is 5.75 Å². The van der Waals surface area contributed by atoms with Crippen LogP contribution in [-0.4, -0.2) is 17.0 Å². The van der Waals surface area contributed by atoms with Crippen LogP contribution in [0.4, 0.5) is 0 Å². The third kappa shape index (κ3) is 3.11. The van der Waals surface area contributed by atoms with E-state index < -0.39 is 0 Å². The van der Waals surface area contributed by atoms with Gasteiger partial charge in [0.25, 0.3) is 0 Å². The smallest absolute Gasteiger partial charge is 0.147 e. The van der Waals surface area contributed by atoms with Crippen molar-refractivity contribution in [3.8, 4) is 5.75 Å². The van der Waals surface area contributed by atoms with Crippen molar-refractivity contribution in [2.45, 2.75) is 50.7 Å². The Hall–Kier alpha value is -2.07. The number of benzene rings is 1. The first kappa shape index (κ1) is 15.5. The largest absolute Gasteiger partial charge is 0.508 e. The summed E-state index contributed by atoms with van der Waals surface area (Å²) in [6, 6.07) is 11.5. The zero-order chi connectivity index (χ0) is 16.4. The number of furan rings is 1. The molecule has 4 nitrogen and oxygen atoms in total. The van der Waals surface area contributed by atoms with Crippen LogP contribution < -0.4 is 5.32 Å². The molecule has 0 amide bonds. The van der Waals surface area contributed by atoms with Crippen LogP contribution in [0.15, 0.2) is 52.1 Å². The standard InChI is InChI=1S/C20H24N2O2/c23-18-10-5-4-9-15(18)16-13-17(19-11-6-12-24-19)22-20(21-16)14-7-2-1-3-8-14/h4-6,9-12,14,16,20-21,23H,1-3,7-8,13H2. The van der Waals surface area contributed by atoms with Crippen LogP contribution in [0.2, 0.25) is 0 Å². The summed E-state index contributed by atoms with van der Waals surface area (Å²) in [4.78, 5) is 4.98. The van der Waals surface area contributed by atoms with Crippen LogP contribution in [0.25, 0.3) is 0 Å². The van der Waals surface area contributed by atoms with Crippen LogP contribution in [-0.2, 0) is 0 Å². The maximum atomic E-state index is 10.3. The minimum absolute atomic E-state index is 0.0655. The molecular formula is C20H24N2O2. The van der Waals surface area contributed by atoms with Gasteiger partial charge in [-0.05, 0) is 37.0 Å². The topological polar surface area (TPSA) is 57.8 Å². The van der Waals surface area contributed by atoms with E-state index in [1.807, 2.05) is 30.3 Å². The predicted molar refractivity (Wildman–Crippen MR) is 94.2 cm³/mol. The fraction of sp³-hybridized carbons (Fsp3) is 0.450. The Morgan fingerprint density at radius 3 is 2.62 bits per heavy atom. The second-order valence-corrected chi connectivity index (χ2v) is 6.88. The van der Waals surface area contributed by atoms with Gasteiger partial charge in [-0.1, -0.05) is 37.5 Å². The molecule has 1 aromatic heterocycles. The average Bonchev–Trinajstić information content (AvgIpc) is 3.17. The molecule has 2 heterocycles. The number of para-hydroxylation sites is 1. The molecule has 2 N–H and O–H groups in total. The Balaban J connectivity index is 1.65. The van der Waals surface area contributed by atoms with E-state index in [0.29, 0.717) is 11.7 Å². The summed E-state index contributed by atoms with van der Waals surface area (Å²) in [5.74, 6) is 1.76. The number of phenolic OH excluding ortho intramolecular Hbond substituents is 1. The molecule has 1 fully saturated rings. The van der Waals surface area contributed by atoms with E-state index in [9.17, 15) is 5.11 Å². The van der Waals surface area contributed by atoms with Gasteiger partial charge in [-0.25, -0.2) is 0 Å². The molecule has 0 bridgehead atoms. The van der Waals surface area contributed by atoms with Gasteiger partial charge in [-0.3, -0.25) is 10.3 Å². The molecule has 1 aliphatic heterocycles. The number of nitrogens with one attached hydrogen (secondary N) is 1. The van der Waals surface area contributed by atoms with E-state index in [4.69, 9.17) is 9.41 Å². The summed E-state index contributed by atoms with van der Waals surface area (Å²) in [7, 11) is 0. The van der Waals surface area contributed by atoms with E-state index in [0.717, 1.165) is 23.5 Å². The molecule has 1 aliphatic carbocycles. The van der Waals surface area contributed by atoms with Crippen molar-refractivity contribution in [2.75, 3.05) is 0 Å². The fourth-order valence-electron chi connectivity index (χ4n) is 4.00. The number of hydrogen-bond acceptors (Lipinski definition) is 4. The van der Waals surface area contributed by atoms with Crippen molar-refractivity contribution in [2.24, 2.45) is 10.9 Å². The monoisotopic (exact) mass is 324 g/mol. The van der Waals surface area contributed by atoms with Gasteiger partial charge in [-0.2, -0.15) is 0 Å². The van der Waals surface area contributed by atoms with E-state index in [1.54, 1.807) is 12.3 Å². The van der Waals surface area contributed by atoms with Gasteiger partial charge in [0.15, 0.2) is 0 Å². The molecule has 4 rings (SSSR count). The van der Waals surface area contributed by atoms with Crippen molar-refractivity contribution < 1.29 is 9.52 Å². The lowest BCUT2D eigenvalue weighted by molar-refractivity contribution is 0.248. The maximum Gasteiger partial charge on any atom is 0.147 e. The number of aromatic hydroxyl groups is 1. The summed E-state index contributed by atoms with van der Waals surface area (Å²) >= 11 is 0. The van der Waals surface area contributed by atoms with Gasteiger partial charge in [0.2, 0.25) is 0 Å². The third-order valence-electron chi connectivity index (χ3n) is 5.28.